The molecule has 0 aliphatic rings. The molecular weight excluding hydrogens is 419 g/mol. The summed E-state index contributed by atoms with van der Waals surface area (Å²) < 4.78 is 11.1. The van der Waals surface area contributed by atoms with Crippen LogP contribution in [0.1, 0.15) is 19.7 Å². The number of carboxylic acid groups (broad SMARTS) is 1. The fraction of sp³-hybridized carbons (Fsp3) is 0.211. The maximum atomic E-state index is 11.4. The summed E-state index contributed by atoms with van der Waals surface area (Å²) in [5.41, 5.74) is 1.21. The molecule has 0 atom stereocenters. The SMILES string of the molecule is CC(C)N(C(=O)O)c1ccc(OCc2nnc(Nc3ccc(Cl)c(Cl)c3)o2)cc1. The van der Waals surface area contributed by atoms with Gasteiger partial charge in [-0.05, 0) is 56.3 Å². The van der Waals surface area contributed by atoms with Gasteiger partial charge in [0.15, 0.2) is 6.61 Å². The summed E-state index contributed by atoms with van der Waals surface area (Å²) in [6, 6.07) is 11.7. The number of halogens is 2. The zero-order valence-corrected chi connectivity index (χ0v) is 17.1. The van der Waals surface area contributed by atoms with Crippen molar-refractivity contribution in [2.75, 3.05) is 10.2 Å². The molecule has 0 spiro atoms. The van der Waals surface area contributed by atoms with Crippen molar-refractivity contribution in [1.82, 2.24) is 10.2 Å². The zero-order valence-electron chi connectivity index (χ0n) is 15.6. The van der Waals surface area contributed by atoms with Gasteiger partial charge in [0.1, 0.15) is 5.75 Å². The lowest BCUT2D eigenvalue weighted by Crippen LogP contribution is -2.35. The van der Waals surface area contributed by atoms with Gasteiger partial charge in [-0.1, -0.05) is 28.3 Å². The summed E-state index contributed by atoms with van der Waals surface area (Å²) in [5, 5.41) is 20.9. The largest absolute Gasteiger partial charge is 0.484 e. The Hall–Kier alpha value is -2.97. The number of ether oxygens (including phenoxy) is 1. The summed E-state index contributed by atoms with van der Waals surface area (Å²) in [4.78, 5) is 12.6. The number of hydrogen-bond donors (Lipinski definition) is 2. The lowest BCUT2D eigenvalue weighted by molar-refractivity contribution is 0.200. The van der Waals surface area contributed by atoms with Gasteiger partial charge in [0.05, 0.1) is 10.0 Å². The highest BCUT2D eigenvalue weighted by molar-refractivity contribution is 6.42. The van der Waals surface area contributed by atoms with Gasteiger partial charge in [0.2, 0.25) is 0 Å². The van der Waals surface area contributed by atoms with Gasteiger partial charge in [0, 0.05) is 17.4 Å². The van der Waals surface area contributed by atoms with Crippen LogP contribution in [-0.2, 0) is 6.61 Å². The molecule has 1 amide bonds. The molecule has 0 unspecified atom stereocenters. The van der Waals surface area contributed by atoms with Gasteiger partial charge in [0.25, 0.3) is 5.89 Å². The van der Waals surface area contributed by atoms with E-state index in [-0.39, 0.29) is 24.6 Å². The van der Waals surface area contributed by atoms with Crippen molar-refractivity contribution in [2.24, 2.45) is 0 Å². The number of aromatic nitrogens is 2. The van der Waals surface area contributed by atoms with Crippen LogP contribution in [0.2, 0.25) is 10.0 Å². The van der Waals surface area contributed by atoms with Crippen molar-refractivity contribution in [3.05, 3.63) is 58.4 Å². The second-order valence-corrected chi connectivity index (χ2v) is 7.10. The summed E-state index contributed by atoms with van der Waals surface area (Å²) in [7, 11) is 0. The maximum absolute atomic E-state index is 11.4. The minimum absolute atomic E-state index is 0.0578. The molecule has 10 heteroatoms. The number of carbonyl (C=O) groups is 1. The Kier molecular flexibility index (Phi) is 6.46. The van der Waals surface area contributed by atoms with Crippen LogP contribution < -0.4 is 15.0 Å². The van der Waals surface area contributed by atoms with E-state index in [1.54, 1.807) is 56.3 Å². The van der Waals surface area contributed by atoms with Crippen LogP contribution in [0.3, 0.4) is 0 Å². The predicted molar refractivity (Wildman–Crippen MR) is 110 cm³/mol. The van der Waals surface area contributed by atoms with Crippen molar-refractivity contribution in [3.63, 3.8) is 0 Å². The number of benzene rings is 2. The Morgan fingerprint density at radius 3 is 2.52 bits per heavy atom. The summed E-state index contributed by atoms with van der Waals surface area (Å²) in [6.45, 7) is 3.66. The second kappa shape index (κ2) is 9.02. The summed E-state index contributed by atoms with van der Waals surface area (Å²) in [6.07, 6.45) is -1.01. The highest BCUT2D eigenvalue weighted by Gasteiger charge is 2.17. The molecule has 2 aromatic carbocycles. The van der Waals surface area contributed by atoms with Gasteiger partial charge >= 0.3 is 12.1 Å². The predicted octanol–water partition coefficient (Wildman–Crippen LogP) is 5.59. The van der Waals surface area contributed by atoms with E-state index in [4.69, 9.17) is 32.4 Å². The molecule has 3 aromatic rings. The Morgan fingerprint density at radius 2 is 1.90 bits per heavy atom. The van der Waals surface area contributed by atoms with Crippen LogP contribution in [0.4, 0.5) is 22.2 Å². The van der Waals surface area contributed by atoms with Crippen LogP contribution in [0.25, 0.3) is 0 Å². The Morgan fingerprint density at radius 1 is 1.17 bits per heavy atom. The van der Waals surface area contributed by atoms with E-state index in [0.29, 0.717) is 27.2 Å². The standard InChI is InChI=1S/C19H18Cl2N4O4/c1-11(2)25(19(26)27)13-4-6-14(7-5-13)28-10-17-23-24-18(29-17)22-12-3-8-15(20)16(21)9-12/h3-9,11H,10H2,1-2H3,(H,22,24)(H,26,27). The first-order valence-corrected chi connectivity index (χ1v) is 9.38. The van der Waals surface area contributed by atoms with Gasteiger partial charge in [-0.15, -0.1) is 5.10 Å². The molecule has 0 aliphatic heterocycles. The first-order valence-electron chi connectivity index (χ1n) is 8.63. The third kappa shape index (κ3) is 5.30. The van der Waals surface area contributed by atoms with Crippen molar-refractivity contribution in [1.29, 1.82) is 0 Å². The average molecular weight is 437 g/mol. The fourth-order valence-corrected chi connectivity index (χ4v) is 2.84. The van der Waals surface area contributed by atoms with E-state index in [2.05, 4.69) is 15.5 Å². The molecule has 29 heavy (non-hydrogen) atoms. The lowest BCUT2D eigenvalue weighted by atomic mass is 10.2. The van der Waals surface area contributed by atoms with Crippen LogP contribution >= 0.6 is 23.2 Å². The molecule has 0 bridgehead atoms. The maximum Gasteiger partial charge on any atom is 0.412 e. The number of nitrogens with zero attached hydrogens (tertiary/aromatic N) is 3. The Balaban J connectivity index is 1.59. The van der Waals surface area contributed by atoms with Gasteiger partial charge in [-0.3, -0.25) is 4.90 Å². The van der Waals surface area contributed by atoms with Gasteiger partial charge in [-0.2, -0.15) is 0 Å². The number of hydrogen-bond acceptors (Lipinski definition) is 6. The molecule has 0 fully saturated rings. The highest BCUT2D eigenvalue weighted by atomic mass is 35.5. The van der Waals surface area contributed by atoms with Crippen molar-refractivity contribution in [2.45, 2.75) is 26.5 Å². The molecule has 152 valence electrons. The third-order valence-electron chi connectivity index (χ3n) is 3.84. The average Bonchev–Trinajstić information content (AvgIpc) is 3.11. The van der Waals surface area contributed by atoms with E-state index in [9.17, 15) is 9.90 Å². The van der Waals surface area contributed by atoms with Crippen LogP contribution in [-0.4, -0.2) is 27.4 Å². The molecule has 0 aliphatic carbocycles. The first-order chi connectivity index (χ1) is 13.8. The van der Waals surface area contributed by atoms with E-state index in [1.165, 1.54) is 4.90 Å². The van der Waals surface area contributed by atoms with Crippen LogP contribution in [0.5, 0.6) is 5.75 Å². The summed E-state index contributed by atoms with van der Waals surface area (Å²) >= 11 is 11.9. The van der Waals surface area contributed by atoms with Crippen molar-refractivity contribution < 1.29 is 19.1 Å². The van der Waals surface area contributed by atoms with Gasteiger partial charge < -0.3 is 19.6 Å². The van der Waals surface area contributed by atoms with Crippen LogP contribution in [0, 0.1) is 0 Å². The zero-order chi connectivity index (χ0) is 21.0. The molecule has 0 saturated heterocycles. The molecule has 8 nitrogen and oxygen atoms in total. The third-order valence-corrected chi connectivity index (χ3v) is 4.58. The number of nitrogens with one attached hydrogen (secondary N) is 1. The van der Waals surface area contributed by atoms with E-state index in [1.807, 2.05) is 0 Å². The Bertz CT molecular complexity index is 992. The minimum atomic E-state index is -1.01. The topological polar surface area (TPSA) is 101 Å². The Labute approximate surface area is 177 Å². The quantitative estimate of drug-likeness (QED) is 0.497. The second-order valence-electron chi connectivity index (χ2n) is 6.28. The highest BCUT2D eigenvalue weighted by Crippen LogP contribution is 2.27. The normalized spacial score (nSPS) is 10.8. The molecular formula is C19H18Cl2N4O4. The monoisotopic (exact) mass is 436 g/mol. The first kappa shape index (κ1) is 20.8. The van der Waals surface area contributed by atoms with Crippen molar-refractivity contribution >= 4 is 46.7 Å². The number of amides is 1. The molecule has 0 saturated carbocycles. The van der Waals surface area contributed by atoms with Gasteiger partial charge in [-0.25, -0.2) is 4.79 Å². The molecule has 1 heterocycles. The molecule has 0 radical (unpaired) electrons. The number of rotatable bonds is 7. The molecule has 3 rings (SSSR count). The molecule has 1 aromatic heterocycles. The molecule has 2 N–H and O–H groups in total. The fourth-order valence-electron chi connectivity index (χ4n) is 2.54. The minimum Gasteiger partial charge on any atom is -0.484 e. The van der Waals surface area contributed by atoms with E-state index in [0.717, 1.165) is 0 Å². The summed E-state index contributed by atoms with van der Waals surface area (Å²) in [5.74, 6) is 0.811. The smallest absolute Gasteiger partial charge is 0.412 e. The van der Waals surface area contributed by atoms with Crippen molar-refractivity contribution in [3.8, 4) is 5.75 Å². The van der Waals surface area contributed by atoms with E-state index < -0.39 is 6.09 Å². The van der Waals surface area contributed by atoms with Crippen LogP contribution in [0.15, 0.2) is 46.9 Å². The number of anilines is 3. The lowest BCUT2D eigenvalue weighted by Gasteiger charge is -2.23. The van der Waals surface area contributed by atoms with E-state index >= 15 is 0 Å².